The second-order valence-electron chi connectivity index (χ2n) is 6.36. The second-order valence-corrected chi connectivity index (χ2v) is 6.36. The lowest BCUT2D eigenvalue weighted by atomic mass is 10.2. The van der Waals surface area contributed by atoms with Gasteiger partial charge in [-0.15, -0.1) is 0 Å². The number of halogens is 1. The van der Waals surface area contributed by atoms with E-state index in [-0.39, 0.29) is 11.9 Å². The molecule has 0 radical (unpaired) electrons. The van der Waals surface area contributed by atoms with Crippen molar-refractivity contribution in [2.45, 2.75) is 18.8 Å². The molecule has 2 atom stereocenters. The van der Waals surface area contributed by atoms with Crippen LogP contribution in [0.3, 0.4) is 0 Å². The van der Waals surface area contributed by atoms with Gasteiger partial charge < -0.3 is 19.3 Å². The van der Waals surface area contributed by atoms with E-state index in [1.54, 1.807) is 19.2 Å². The van der Waals surface area contributed by atoms with Gasteiger partial charge in [0.25, 0.3) is 0 Å². The number of rotatable bonds is 8. The Labute approximate surface area is 152 Å². The average molecular weight is 361 g/mol. The molecule has 6 heteroatoms. The van der Waals surface area contributed by atoms with Gasteiger partial charge in [-0.05, 0) is 29.8 Å². The zero-order chi connectivity index (χ0) is 18.4. The average Bonchev–Trinajstić information content (AvgIpc) is 2.96. The van der Waals surface area contributed by atoms with Crippen molar-refractivity contribution in [2.75, 3.05) is 33.4 Å². The van der Waals surface area contributed by atoms with Gasteiger partial charge in [-0.2, -0.15) is 0 Å². The molecule has 1 aliphatic rings. The summed E-state index contributed by atoms with van der Waals surface area (Å²) < 4.78 is 29.5. The molecule has 0 amide bonds. The molecule has 0 spiro atoms. The van der Waals surface area contributed by atoms with Gasteiger partial charge in [-0.3, -0.25) is 4.90 Å². The summed E-state index contributed by atoms with van der Waals surface area (Å²) in [5.41, 5.74) is 1.13. The second kappa shape index (κ2) is 8.98. The summed E-state index contributed by atoms with van der Waals surface area (Å²) in [4.78, 5) is 2.12. The van der Waals surface area contributed by atoms with Gasteiger partial charge in [-0.1, -0.05) is 18.2 Å². The van der Waals surface area contributed by atoms with Crippen LogP contribution in [0.4, 0.5) is 4.39 Å². The Morgan fingerprint density at radius 3 is 2.62 bits per heavy atom. The highest BCUT2D eigenvalue weighted by Gasteiger charge is 2.33. The van der Waals surface area contributed by atoms with E-state index in [2.05, 4.69) is 4.90 Å². The largest absolute Gasteiger partial charge is 0.491 e. The molecule has 0 aliphatic carbocycles. The number of aliphatic hydroxyl groups is 1. The van der Waals surface area contributed by atoms with Crippen molar-refractivity contribution < 1.29 is 23.7 Å². The van der Waals surface area contributed by atoms with Gasteiger partial charge >= 0.3 is 0 Å². The fourth-order valence-corrected chi connectivity index (χ4v) is 2.98. The van der Waals surface area contributed by atoms with E-state index in [0.717, 1.165) is 11.3 Å². The first kappa shape index (κ1) is 18.6. The third-order valence-electron chi connectivity index (χ3n) is 4.28. The fraction of sp³-hybridized carbons (Fsp3) is 0.400. The van der Waals surface area contributed by atoms with Crippen LogP contribution < -0.4 is 9.47 Å². The van der Waals surface area contributed by atoms with Gasteiger partial charge in [0.05, 0.1) is 6.61 Å². The topological polar surface area (TPSA) is 51.2 Å². The Balaban J connectivity index is 1.51. The maximum Gasteiger partial charge on any atom is 0.138 e. The molecule has 1 saturated heterocycles. The molecule has 26 heavy (non-hydrogen) atoms. The molecule has 0 saturated carbocycles. The first-order chi connectivity index (χ1) is 12.6. The summed E-state index contributed by atoms with van der Waals surface area (Å²) in [5, 5.41) is 10.2. The highest BCUT2D eigenvalue weighted by molar-refractivity contribution is 5.27. The van der Waals surface area contributed by atoms with Crippen molar-refractivity contribution in [1.29, 1.82) is 0 Å². The predicted molar refractivity (Wildman–Crippen MR) is 95.9 cm³/mol. The smallest absolute Gasteiger partial charge is 0.138 e. The number of benzene rings is 2. The van der Waals surface area contributed by atoms with Crippen molar-refractivity contribution in [3.05, 3.63) is 59.9 Å². The van der Waals surface area contributed by atoms with E-state index in [1.165, 1.54) is 12.1 Å². The zero-order valence-electron chi connectivity index (χ0n) is 14.8. The standard InChI is InChI=1S/C20H24FNO4/c1-24-9-10-25-17-7-5-15(6-8-17)12-22-13-19(23)20(14-22)26-18-4-2-3-16(21)11-18/h2-8,11,19-20,23H,9-10,12-14H2,1H3/t19-,20-/m0/s1. The highest BCUT2D eigenvalue weighted by Crippen LogP contribution is 2.22. The Kier molecular flexibility index (Phi) is 6.44. The summed E-state index contributed by atoms with van der Waals surface area (Å²) in [6.07, 6.45) is -0.969. The lowest BCUT2D eigenvalue weighted by Crippen LogP contribution is -2.29. The number of β-amino-alcohol motifs (C(OH)–C–C–N with tert-alkyl or cyclic N) is 1. The Hall–Kier alpha value is -2.15. The van der Waals surface area contributed by atoms with Crippen LogP contribution in [0.5, 0.6) is 11.5 Å². The maximum absolute atomic E-state index is 13.3. The molecule has 1 N–H and O–H groups in total. The van der Waals surface area contributed by atoms with E-state index in [1.807, 2.05) is 24.3 Å². The normalized spacial score (nSPS) is 20.3. The first-order valence-corrected chi connectivity index (χ1v) is 8.67. The van der Waals surface area contributed by atoms with Gasteiger partial charge in [0.2, 0.25) is 0 Å². The number of likely N-dealkylation sites (tertiary alicyclic amines) is 1. The van der Waals surface area contributed by atoms with E-state index < -0.39 is 6.10 Å². The predicted octanol–water partition coefficient (Wildman–Crippen LogP) is 2.48. The van der Waals surface area contributed by atoms with E-state index in [0.29, 0.717) is 38.6 Å². The van der Waals surface area contributed by atoms with Crippen LogP contribution in [0.15, 0.2) is 48.5 Å². The van der Waals surface area contributed by atoms with Gasteiger partial charge in [-0.25, -0.2) is 4.39 Å². The molecule has 2 aromatic rings. The van der Waals surface area contributed by atoms with Crippen LogP contribution in [0.2, 0.25) is 0 Å². The molecule has 2 aromatic carbocycles. The van der Waals surface area contributed by atoms with Gasteiger partial charge in [0.15, 0.2) is 0 Å². The molecule has 1 heterocycles. The zero-order valence-corrected chi connectivity index (χ0v) is 14.8. The molecule has 0 aromatic heterocycles. The molecule has 0 bridgehead atoms. The Bertz CT molecular complexity index is 694. The number of methoxy groups -OCH3 is 1. The summed E-state index contributed by atoms with van der Waals surface area (Å²) in [6.45, 7) is 2.89. The maximum atomic E-state index is 13.3. The van der Waals surface area contributed by atoms with Crippen molar-refractivity contribution in [1.82, 2.24) is 4.90 Å². The van der Waals surface area contributed by atoms with Crippen LogP contribution in [-0.2, 0) is 11.3 Å². The van der Waals surface area contributed by atoms with E-state index in [9.17, 15) is 9.50 Å². The van der Waals surface area contributed by atoms with Crippen molar-refractivity contribution >= 4 is 0 Å². The summed E-state index contributed by atoms with van der Waals surface area (Å²) >= 11 is 0. The third-order valence-corrected chi connectivity index (χ3v) is 4.28. The minimum Gasteiger partial charge on any atom is -0.491 e. The molecule has 1 fully saturated rings. The molecule has 1 aliphatic heterocycles. The number of hydrogen-bond donors (Lipinski definition) is 1. The van der Waals surface area contributed by atoms with E-state index in [4.69, 9.17) is 14.2 Å². The minimum absolute atomic E-state index is 0.348. The summed E-state index contributed by atoms with van der Waals surface area (Å²) in [5.74, 6) is 0.896. The number of nitrogens with zero attached hydrogens (tertiary/aromatic N) is 1. The van der Waals surface area contributed by atoms with Crippen LogP contribution in [-0.4, -0.2) is 55.6 Å². The lowest BCUT2D eigenvalue weighted by molar-refractivity contribution is 0.0734. The molecule has 5 nitrogen and oxygen atoms in total. The van der Waals surface area contributed by atoms with E-state index >= 15 is 0 Å². The minimum atomic E-state index is -0.602. The van der Waals surface area contributed by atoms with Crippen LogP contribution >= 0.6 is 0 Å². The molecule has 0 unspecified atom stereocenters. The Morgan fingerprint density at radius 1 is 1.08 bits per heavy atom. The molecule has 140 valence electrons. The lowest BCUT2D eigenvalue weighted by Gasteiger charge is -2.17. The monoisotopic (exact) mass is 361 g/mol. The van der Waals surface area contributed by atoms with Crippen LogP contribution in [0, 0.1) is 5.82 Å². The Morgan fingerprint density at radius 2 is 1.88 bits per heavy atom. The number of hydrogen-bond acceptors (Lipinski definition) is 5. The summed E-state index contributed by atoms with van der Waals surface area (Å²) in [7, 11) is 1.64. The van der Waals surface area contributed by atoms with Crippen molar-refractivity contribution in [2.24, 2.45) is 0 Å². The molecular formula is C20H24FNO4. The van der Waals surface area contributed by atoms with Gasteiger partial charge in [0.1, 0.15) is 36.1 Å². The van der Waals surface area contributed by atoms with Gasteiger partial charge in [0, 0.05) is 32.8 Å². The quantitative estimate of drug-likeness (QED) is 0.732. The first-order valence-electron chi connectivity index (χ1n) is 8.67. The van der Waals surface area contributed by atoms with Crippen LogP contribution in [0.1, 0.15) is 5.56 Å². The highest BCUT2D eigenvalue weighted by atomic mass is 19.1. The number of ether oxygens (including phenoxy) is 3. The van der Waals surface area contributed by atoms with Crippen molar-refractivity contribution in [3.8, 4) is 11.5 Å². The molecular weight excluding hydrogens is 337 g/mol. The summed E-state index contributed by atoms with van der Waals surface area (Å²) in [6, 6.07) is 13.9. The molecule has 3 rings (SSSR count). The SMILES string of the molecule is COCCOc1ccc(CN2C[C@H](Oc3cccc(F)c3)[C@@H](O)C2)cc1. The third kappa shape index (κ3) is 5.17. The van der Waals surface area contributed by atoms with Crippen molar-refractivity contribution in [3.63, 3.8) is 0 Å². The number of aliphatic hydroxyl groups excluding tert-OH is 1. The van der Waals surface area contributed by atoms with Crippen LogP contribution in [0.25, 0.3) is 0 Å². The fourth-order valence-electron chi connectivity index (χ4n) is 2.98.